The number of halogens is 3. The molecule has 0 N–H and O–H groups in total. The van der Waals surface area contributed by atoms with Gasteiger partial charge in [0, 0.05) is 47.4 Å². The van der Waals surface area contributed by atoms with Crippen LogP contribution < -0.4 is 0 Å². The second-order valence-electron chi connectivity index (χ2n) is 7.73. The molecule has 0 saturated heterocycles. The highest BCUT2D eigenvalue weighted by Crippen LogP contribution is 2.36. The Morgan fingerprint density at radius 2 is 1.75 bits per heavy atom. The quantitative estimate of drug-likeness (QED) is 0.472. The molecule has 0 saturated carbocycles. The number of fused-ring (bicyclic) bond motifs is 2. The number of benzene rings is 2. The van der Waals surface area contributed by atoms with Gasteiger partial charge in [-0.1, -0.05) is 0 Å². The average molecular weight is 428 g/mol. The minimum absolute atomic E-state index is 0.0106. The van der Waals surface area contributed by atoms with E-state index in [1.807, 2.05) is 0 Å². The fourth-order valence-corrected chi connectivity index (χ4v) is 4.00. The number of hydrogen-bond acceptors (Lipinski definition) is 3. The van der Waals surface area contributed by atoms with Gasteiger partial charge in [0.15, 0.2) is 0 Å². The molecule has 2 aromatic heterocycles. The molecule has 5 rings (SSSR count). The lowest BCUT2D eigenvalue weighted by Gasteiger charge is -2.33. The molecular weight excluding hydrogens is 415 g/mol. The van der Waals surface area contributed by atoms with Crippen molar-refractivity contribution in [1.29, 1.82) is 0 Å². The van der Waals surface area contributed by atoms with Crippen LogP contribution in [0.4, 0.5) is 13.2 Å². The highest BCUT2D eigenvalue weighted by molar-refractivity contribution is 6.42. The lowest BCUT2D eigenvalue weighted by Crippen LogP contribution is -2.45. The number of aromatic nitrogens is 3. The van der Waals surface area contributed by atoms with Crippen LogP contribution in [-0.2, 0) is 18.9 Å². The molecular formula is C22H13B2F3N4O. The van der Waals surface area contributed by atoms with E-state index in [0.717, 1.165) is 17.0 Å². The molecule has 0 fully saturated rings. The Morgan fingerprint density at radius 1 is 1.03 bits per heavy atom. The first-order valence-electron chi connectivity index (χ1n) is 9.63. The van der Waals surface area contributed by atoms with Gasteiger partial charge in [0.1, 0.15) is 17.5 Å². The minimum Gasteiger partial charge on any atom is -0.340 e. The van der Waals surface area contributed by atoms with Crippen molar-refractivity contribution in [2.24, 2.45) is 7.05 Å². The molecule has 1 aliphatic heterocycles. The van der Waals surface area contributed by atoms with Crippen LogP contribution in [0.15, 0.2) is 48.8 Å². The van der Waals surface area contributed by atoms with Crippen LogP contribution >= 0.6 is 0 Å². The number of nitrogens with zero attached hydrogens (tertiary/aromatic N) is 4. The summed E-state index contributed by atoms with van der Waals surface area (Å²) in [5.41, 5.74) is 0.329. The minimum atomic E-state index is -1.83. The number of carbonyl (C=O) groups excluding carboxylic acids is 1. The van der Waals surface area contributed by atoms with Gasteiger partial charge in [-0.15, -0.1) is 0 Å². The summed E-state index contributed by atoms with van der Waals surface area (Å²) in [4.78, 5) is 17.7. The summed E-state index contributed by atoms with van der Waals surface area (Å²) in [6.45, 7) is -0.524. The van der Waals surface area contributed by atoms with Crippen LogP contribution in [0.5, 0.6) is 0 Å². The second-order valence-corrected chi connectivity index (χ2v) is 7.73. The maximum Gasteiger partial charge on any atom is 0.255 e. The van der Waals surface area contributed by atoms with Crippen LogP contribution in [0.2, 0.25) is 0 Å². The van der Waals surface area contributed by atoms with E-state index in [1.54, 1.807) is 19.3 Å². The van der Waals surface area contributed by atoms with E-state index in [4.69, 9.17) is 15.7 Å². The van der Waals surface area contributed by atoms with Crippen LogP contribution in [0.1, 0.15) is 21.6 Å². The average Bonchev–Trinajstić information content (AvgIpc) is 3.18. The monoisotopic (exact) mass is 428 g/mol. The molecule has 0 spiro atoms. The summed E-state index contributed by atoms with van der Waals surface area (Å²) in [5.74, 6) is -3.17. The van der Waals surface area contributed by atoms with Crippen molar-refractivity contribution in [2.75, 3.05) is 0 Å². The van der Waals surface area contributed by atoms with Crippen LogP contribution in [0.25, 0.3) is 22.0 Å². The standard InChI is InChI=1S/C22H13B2F3N4O/c1-30-9-12-5-14(18(27)8-19(12)29-30)11-6-16(25)15(17(26)7-11)10-31-21(32)13-3-2-4-28-20(13)22(31,23)24/h2-9H,10H2,1H3. The van der Waals surface area contributed by atoms with Crippen molar-refractivity contribution < 1.29 is 18.0 Å². The number of hydrogen-bond donors (Lipinski definition) is 0. The highest BCUT2D eigenvalue weighted by Gasteiger charge is 2.43. The normalized spacial score (nSPS) is 14.9. The number of aryl methyl sites for hydroxylation is 1. The van der Waals surface area contributed by atoms with Crippen molar-refractivity contribution in [3.8, 4) is 11.1 Å². The Hall–Kier alpha value is -3.55. The van der Waals surface area contributed by atoms with Gasteiger partial charge in [0.25, 0.3) is 5.91 Å². The van der Waals surface area contributed by atoms with Gasteiger partial charge in [-0.05, 0) is 35.9 Å². The van der Waals surface area contributed by atoms with Gasteiger partial charge in [-0.3, -0.25) is 14.5 Å². The summed E-state index contributed by atoms with van der Waals surface area (Å²) in [6, 6.07) is 7.74. The van der Waals surface area contributed by atoms with E-state index in [0.29, 0.717) is 10.9 Å². The van der Waals surface area contributed by atoms with Gasteiger partial charge in [-0.2, -0.15) is 5.10 Å². The summed E-state index contributed by atoms with van der Waals surface area (Å²) in [5, 5.41) is 2.91. The van der Waals surface area contributed by atoms with Gasteiger partial charge in [0.05, 0.1) is 39.0 Å². The lowest BCUT2D eigenvalue weighted by atomic mass is 9.59. The number of amides is 1. The van der Waals surface area contributed by atoms with Crippen LogP contribution in [-0.4, -0.2) is 41.3 Å². The van der Waals surface area contributed by atoms with Gasteiger partial charge < -0.3 is 4.90 Å². The second kappa shape index (κ2) is 6.98. The van der Waals surface area contributed by atoms with Crippen LogP contribution in [0.3, 0.4) is 0 Å². The zero-order chi connectivity index (χ0) is 22.8. The summed E-state index contributed by atoms with van der Waals surface area (Å²) < 4.78 is 46.1. The lowest BCUT2D eigenvalue weighted by molar-refractivity contribution is 0.0727. The Balaban J connectivity index is 1.53. The molecule has 0 atom stereocenters. The largest absolute Gasteiger partial charge is 0.340 e. The molecule has 4 aromatic rings. The molecule has 1 amide bonds. The number of carbonyl (C=O) groups is 1. The zero-order valence-electron chi connectivity index (χ0n) is 16.8. The molecule has 2 aromatic carbocycles. The van der Waals surface area contributed by atoms with E-state index >= 15 is 0 Å². The fraction of sp³-hybridized carbons (Fsp3) is 0.136. The van der Waals surface area contributed by atoms with E-state index in [2.05, 4.69) is 10.1 Å². The topological polar surface area (TPSA) is 51.0 Å². The summed E-state index contributed by atoms with van der Waals surface area (Å²) in [6.07, 6.45) is 3.10. The molecule has 5 nitrogen and oxygen atoms in total. The highest BCUT2D eigenvalue weighted by atomic mass is 19.1. The molecule has 0 aliphatic carbocycles. The first-order valence-corrected chi connectivity index (χ1v) is 9.63. The third kappa shape index (κ3) is 3.01. The Kier molecular flexibility index (Phi) is 4.44. The summed E-state index contributed by atoms with van der Waals surface area (Å²) >= 11 is 0. The van der Waals surface area contributed by atoms with E-state index < -0.39 is 40.8 Å². The van der Waals surface area contributed by atoms with Crippen molar-refractivity contribution in [3.63, 3.8) is 0 Å². The maximum absolute atomic E-state index is 15.0. The van der Waals surface area contributed by atoms with Crippen molar-refractivity contribution >= 4 is 32.5 Å². The molecule has 10 heteroatoms. The molecule has 1 aliphatic rings. The van der Waals surface area contributed by atoms with Gasteiger partial charge in [-0.25, -0.2) is 13.2 Å². The van der Waals surface area contributed by atoms with Crippen molar-refractivity contribution in [2.45, 2.75) is 11.9 Å². The number of rotatable bonds is 3. The van der Waals surface area contributed by atoms with Gasteiger partial charge >= 0.3 is 0 Å². The smallest absolute Gasteiger partial charge is 0.255 e. The van der Waals surface area contributed by atoms with E-state index in [-0.39, 0.29) is 22.4 Å². The van der Waals surface area contributed by atoms with E-state index in [9.17, 15) is 18.0 Å². The van der Waals surface area contributed by atoms with Crippen LogP contribution in [0, 0.1) is 17.5 Å². The summed E-state index contributed by atoms with van der Waals surface area (Å²) in [7, 11) is 13.9. The molecule has 0 bridgehead atoms. The number of pyridine rings is 1. The maximum atomic E-state index is 15.0. The first-order chi connectivity index (χ1) is 15.2. The third-order valence-corrected chi connectivity index (χ3v) is 5.59. The SMILES string of the molecule is [B]C1([B])c2ncccc2C(=O)N1Cc1c(F)cc(-c2cc3cn(C)nc3cc2F)cc1F. The van der Waals surface area contributed by atoms with Crippen molar-refractivity contribution in [1.82, 2.24) is 19.7 Å². The fourth-order valence-electron chi connectivity index (χ4n) is 4.00. The molecule has 4 radical (unpaired) electrons. The Bertz CT molecular complexity index is 1400. The predicted octanol–water partition coefficient (Wildman–Crippen LogP) is 3.16. The Labute approximate surface area is 183 Å². The molecule has 32 heavy (non-hydrogen) atoms. The first kappa shape index (κ1) is 20.4. The molecule has 3 heterocycles. The van der Waals surface area contributed by atoms with Crippen molar-refractivity contribution in [3.05, 3.63) is 83.1 Å². The Morgan fingerprint density at radius 3 is 2.44 bits per heavy atom. The van der Waals surface area contributed by atoms with E-state index in [1.165, 1.54) is 29.1 Å². The molecule has 0 unspecified atom stereocenters. The zero-order valence-corrected chi connectivity index (χ0v) is 16.8. The van der Waals surface area contributed by atoms with Gasteiger partial charge in [0.2, 0.25) is 0 Å². The predicted molar refractivity (Wildman–Crippen MR) is 113 cm³/mol. The third-order valence-electron chi connectivity index (χ3n) is 5.59. The molecule has 154 valence electrons.